The molecule has 0 fully saturated rings. The molecule has 0 aliphatic rings. The number of benzene rings is 3. The molecule has 30 heavy (non-hydrogen) atoms. The van der Waals surface area contributed by atoms with Crippen LogP contribution >= 0.6 is 15.9 Å². The molecule has 0 aliphatic heterocycles. The lowest BCUT2D eigenvalue weighted by atomic mass is 10.1. The zero-order valence-corrected chi connectivity index (χ0v) is 18.8. The Morgan fingerprint density at radius 3 is 2.23 bits per heavy atom. The summed E-state index contributed by atoms with van der Waals surface area (Å²) in [6.45, 7) is 0. The Kier molecular flexibility index (Phi) is 6.06. The minimum atomic E-state index is -4.36. The standard InChI is InChI=1S/C19H17BrN2O6S2/c1-21-30(28,13-8-6-12(20)7-9-13)22-16-10-17(29(26,27)11-18(23)24)19(25)15-5-3-2-4-14(15)16/h2-10,25H,11H2,1H3,(H,23,24)(H,21,22,28). The third-order valence-electron chi connectivity index (χ3n) is 4.27. The van der Waals surface area contributed by atoms with E-state index in [1.165, 1.54) is 13.1 Å². The van der Waals surface area contributed by atoms with Crippen LogP contribution in [0.25, 0.3) is 10.8 Å². The molecule has 11 heteroatoms. The number of nitrogens with zero attached hydrogens (tertiary/aromatic N) is 1. The van der Waals surface area contributed by atoms with Crippen molar-refractivity contribution in [3.8, 4) is 5.75 Å². The maximum atomic E-state index is 13.5. The molecule has 1 atom stereocenters. The van der Waals surface area contributed by atoms with Gasteiger partial charge in [-0.2, -0.15) is 0 Å². The van der Waals surface area contributed by atoms with Crippen molar-refractivity contribution in [3.05, 3.63) is 59.1 Å². The van der Waals surface area contributed by atoms with Crippen LogP contribution in [0, 0.1) is 0 Å². The van der Waals surface area contributed by atoms with E-state index in [2.05, 4.69) is 25.0 Å². The van der Waals surface area contributed by atoms with E-state index < -0.39 is 42.1 Å². The van der Waals surface area contributed by atoms with Gasteiger partial charge in [-0.1, -0.05) is 40.2 Å². The van der Waals surface area contributed by atoms with E-state index in [0.717, 1.165) is 10.5 Å². The highest BCUT2D eigenvalue weighted by Crippen LogP contribution is 2.38. The molecule has 8 nitrogen and oxygen atoms in total. The fourth-order valence-corrected chi connectivity index (χ4v) is 5.71. The predicted octanol–water partition coefficient (Wildman–Crippen LogP) is 3.65. The van der Waals surface area contributed by atoms with E-state index in [9.17, 15) is 22.5 Å². The number of carboxylic acids is 1. The zero-order valence-electron chi connectivity index (χ0n) is 15.6. The summed E-state index contributed by atoms with van der Waals surface area (Å²) in [5.74, 6) is -3.32. The van der Waals surface area contributed by atoms with Gasteiger partial charge in [-0.05, 0) is 30.3 Å². The van der Waals surface area contributed by atoms with Gasteiger partial charge in [0.15, 0.2) is 25.5 Å². The Labute approximate surface area is 181 Å². The van der Waals surface area contributed by atoms with Crippen molar-refractivity contribution < 1.29 is 27.6 Å². The highest BCUT2D eigenvalue weighted by molar-refractivity contribution is 9.10. The first-order valence-electron chi connectivity index (χ1n) is 8.45. The molecule has 0 saturated carbocycles. The normalized spacial score (nSPS) is 13.5. The number of sulfone groups is 1. The number of phenols is 1. The van der Waals surface area contributed by atoms with Crippen LogP contribution < -0.4 is 4.72 Å². The van der Waals surface area contributed by atoms with Gasteiger partial charge < -0.3 is 10.2 Å². The highest BCUT2D eigenvalue weighted by atomic mass is 79.9. The summed E-state index contributed by atoms with van der Waals surface area (Å²) in [5.41, 5.74) is 0.130. The largest absolute Gasteiger partial charge is 0.506 e. The summed E-state index contributed by atoms with van der Waals surface area (Å²) in [6.07, 6.45) is 0. The zero-order chi connectivity index (χ0) is 22.1. The number of aromatic hydroxyl groups is 1. The van der Waals surface area contributed by atoms with Crippen molar-refractivity contribution in [2.75, 3.05) is 17.5 Å². The Morgan fingerprint density at radius 1 is 1.07 bits per heavy atom. The van der Waals surface area contributed by atoms with Crippen LogP contribution in [0.4, 0.5) is 5.69 Å². The number of nitrogens with one attached hydrogen (secondary N) is 1. The lowest BCUT2D eigenvalue weighted by molar-refractivity contribution is -0.134. The topological polar surface area (TPSA) is 133 Å². The van der Waals surface area contributed by atoms with Gasteiger partial charge in [0.1, 0.15) is 10.6 Å². The maximum Gasteiger partial charge on any atom is 0.319 e. The van der Waals surface area contributed by atoms with Crippen molar-refractivity contribution >= 4 is 58.1 Å². The Hall–Kier alpha value is -2.63. The van der Waals surface area contributed by atoms with Crippen LogP contribution in [0.1, 0.15) is 0 Å². The second-order valence-electron chi connectivity index (χ2n) is 6.23. The number of anilines is 1. The number of rotatable bonds is 6. The smallest absolute Gasteiger partial charge is 0.319 e. The molecule has 1 unspecified atom stereocenters. The molecular formula is C19H17BrN2O6S2. The third-order valence-corrected chi connectivity index (χ3v) is 8.33. The minimum absolute atomic E-state index is 0.130. The van der Waals surface area contributed by atoms with Gasteiger partial charge >= 0.3 is 5.97 Å². The number of aliphatic carboxylic acids is 1. The first kappa shape index (κ1) is 22.1. The molecule has 3 aromatic rings. The number of carbonyl (C=O) groups is 1. The number of phenolic OH excluding ortho intramolecular Hbond substituents is 1. The molecule has 0 bridgehead atoms. The maximum absolute atomic E-state index is 13.5. The Morgan fingerprint density at radius 2 is 1.67 bits per heavy atom. The quantitative estimate of drug-likeness (QED) is 0.431. The summed E-state index contributed by atoms with van der Waals surface area (Å²) in [5, 5.41) is 20.0. The molecule has 0 spiro atoms. The van der Waals surface area contributed by atoms with Gasteiger partial charge in [0.25, 0.3) is 0 Å². The number of hydrogen-bond donors (Lipinski definition) is 3. The predicted molar refractivity (Wildman–Crippen MR) is 118 cm³/mol. The van der Waals surface area contributed by atoms with Crippen LogP contribution in [0.2, 0.25) is 0 Å². The first-order chi connectivity index (χ1) is 14.1. The monoisotopic (exact) mass is 512 g/mol. The molecule has 3 rings (SSSR count). The van der Waals surface area contributed by atoms with Crippen molar-refractivity contribution in [2.24, 2.45) is 4.36 Å². The van der Waals surface area contributed by atoms with Gasteiger partial charge in [-0.3, -0.25) is 9.52 Å². The number of carboxylic acid groups (broad SMARTS) is 1. The van der Waals surface area contributed by atoms with Gasteiger partial charge in [0.2, 0.25) is 0 Å². The number of halogens is 1. The van der Waals surface area contributed by atoms with Crippen LogP contribution in [0.15, 0.2) is 73.2 Å². The lowest BCUT2D eigenvalue weighted by Crippen LogP contribution is -2.17. The van der Waals surface area contributed by atoms with E-state index in [1.54, 1.807) is 42.5 Å². The van der Waals surface area contributed by atoms with Crippen LogP contribution in [0.3, 0.4) is 0 Å². The second kappa shape index (κ2) is 8.25. The van der Waals surface area contributed by atoms with Crippen molar-refractivity contribution in [3.63, 3.8) is 0 Å². The fraction of sp³-hybridized carbons (Fsp3) is 0.105. The lowest BCUT2D eigenvalue weighted by Gasteiger charge is -2.17. The second-order valence-corrected chi connectivity index (χ2v) is 11.2. The molecule has 0 aromatic heterocycles. The summed E-state index contributed by atoms with van der Waals surface area (Å²) in [7, 11) is -6.20. The van der Waals surface area contributed by atoms with E-state index in [-0.39, 0.29) is 11.1 Å². The van der Waals surface area contributed by atoms with Crippen LogP contribution in [0.5, 0.6) is 5.75 Å². The van der Waals surface area contributed by atoms with E-state index >= 15 is 0 Å². The van der Waals surface area contributed by atoms with E-state index in [1.807, 2.05) is 0 Å². The summed E-state index contributed by atoms with van der Waals surface area (Å²) >= 11 is 3.31. The Balaban J connectivity index is 2.25. The van der Waals surface area contributed by atoms with Crippen molar-refractivity contribution in [1.29, 1.82) is 0 Å². The van der Waals surface area contributed by atoms with E-state index in [0.29, 0.717) is 10.3 Å². The summed E-state index contributed by atoms with van der Waals surface area (Å²) in [6, 6.07) is 14.0. The SMILES string of the molecule is CN=S(=O)(Nc1cc(S(=O)(=O)CC(=O)O)c(O)c2ccccc12)c1ccc(Br)cc1. The molecule has 0 amide bonds. The Bertz CT molecular complexity index is 1360. The molecule has 0 radical (unpaired) electrons. The molecule has 0 aliphatic carbocycles. The number of fused-ring (bicyclic) bond motifs is 1. The van der Waals surface area contributed by atoms with Gasteiger partial charge in [0.05, 0.1) is 10.6 Å². The van der Waals surface area contributed by atoms with Gasteiger partial charge in [-0.15, -0.1) is 0 Å². The molecule has 158 valence electrons. The average molecular weight is 513 g/mol. The fourth-order valence-electron chi connectivity index (χ4n) is 2.87. The molecule has 0 saturated heterocycles. The molecule has 3 aromatic carbocycles. The molecule has 0 heterocycles. The summed E-state index contributed by atoms with van der Waals surface area (Å²) < 4.78 is 46.1. The summed E-state index contributed by atoms with van der Waals surface area (Å²) in [4.78, 5) is 10.8. The van der Waals surface area contributed by atoms with Crippen molar-refractivity contribution in [2.45, 2.75) is 9.79 Å². The molecular weight excluding hydrogens is 496 g/mol. The average Bonchev–Trinajstić information content (AvgIpc) is 2.69. The number of hydrogen-bond acceptors (Lipinski definition) is 6. The van der Waals surface area contributed by atoms with Gasteiger partial charge in [0, 0.05) is 22.3 Å². The highest BCUT2D eigenvalue weighted by Gasteiger charge is 2.26. The third kappa shape index (κ3) is 4.27. The molecule has 3 N–H and O–H groups in total. The van der Waals surface area contributed by atoms with Crippen LogP contribution in [-0.2, 0) is 24.5 Å². The van der Waals surface area contributed by atoms with Crippen LogP contribution in [-0.4, -0.2) is 41.6 Å². The van der Waals surface area contributed by atoms with Crippen molar-refractivity contribution in [1.82, 2.24) is 0 Å². The van der Waals surface area contributed by atoms with Gasteiger partial charge in [-0.25, -0.2) is 17.0 Å². The first-order valence-corrected chi connectivity index (χ1v) is 12.4. The minimum Gasteiger partial charge on any atom is -0.506 e. The van der Waals surface area contributed by atoms with E-state index in [4.69, 9.17) is 5.11 Å².